The van der Waals surface area contributed by atoms with Crippen molar-refractivity contribution in [2.24, 2.45) is 5.92 Å². The number of rotatable bonds is 3. The molecule has 1 N–H and O–H groups in total. The standard InChI is InChI=1S/C13H14O3.C2H6/c1-16-11-5-2-9(3-6-11)13-10(8-14)4-7-12(13)15;1-2/h2-7,10,13-14H,8H2,1H3;1-2H3. The fraction of sp³-hybridized carbons (Fsp3) is 0.400. The van der Waals surface area contributed by atoms with E-state index in [1.807, 2.05) is 38.1 Å². The topological polar surface area (TPSA) is 46.5 Å². The maximum atomic E-state index is 11.7. The molecule has 3 nitrogen and oxygen atoms in total. The van der Waals surface area contributed by atoms with Crippen LogP contribution < -0.4 is 4.74 Å². The van der Waals surface area contributed by atoms with Crippen molar-refractivity contribution < 1.29 is 14.6 Å². The highest BCUT2D eigenvalue weighted by molar-refractivity contribution is 5.98. The summed E-state index contributed by atoms with van der Waals surface area (Å²) in [6.45, 7) is 4.00. The maximum Gasteiger partial charge on any atom is 0.163 e. The molecule has 0 bridgehead atoms. The van der Waals surface area contributed by atoms with Gasteiger partial charge in [0.05, 0.1) is 19.6 Å². The van der Waals surface area contributed by atoms with Gasteiger partial charge in [-0.15, -0.1) is 0 Å². The smallest absolute Gasteiger partial charge is 0.163 e. The lowest BCUT2D eigenvalue weighted by Crippen LogP contribution is -2.16. The van der Waals surface area contributed by atoms with Gasteiger partial charge in [-0.3, -0.25) is 4.79 Å². The molecule has 2 unspecified atom stereocenters. The molecule has 0 aromatic heterocycles. The Hall–Kier alpha value is -1.61. The van der Waals surface area contributed by atoms with Gasteiger partial charge in [-0.25, -0.2) is 0 Å². The van der Waals surface area contributed by atoms with Gasteiger partial charge in [-0.05, 0) is 23.8 Å². The Kier molecular flexibility index (Phi) is 5.59. The summed E-state index contributed by atoms with van der Waals surface area (Å²) in [6, 6.07) is 7.40. The van der Waals surface area contributed by atoms with Crippen molar-refractivity contribution in [2.45, 2.75) is 19.8 Å². The molecular weight excluding hydrogens is 228 g/mol. The lowest BCUT2D eigenvalue weighted by molar-refractivity contribution is -0.116. The van der Waals surface area contributed by atoms with E-state index in [9.17, 15) is 9.90 Å². The third kappa shape index (κ3) is 2.99. The first-order valence-corrected chi connectivity index (χ1v) is 6.23. The molecule has 1 aromatic carbocycles. The second kappa shape index (κ2) is 6.97. The third-order valence-corrected chi connectivity index (χ3v) is 2.93. The number of carbonyl (C=O) groups excluding carboxylic acids is 1. The van der Waals surface area contributed by atoms with Crippen molar-refractivity contribution in [3.63, 3.8) is 0 Å². The van der Waals surface area contributed by atoms with Crippen molar-refractivity contribution in [3.05, 3.63) is 42.0 Å². The Balaban J connectivity index is 0.000000771. The third-order valence-electron chi connectivity index (χ3n) is 2.93. The van der Waals surface area contributed by atoms with Gasteiger partial charge in [0.25, 0.3) is 0 Å². The number of hydrogen-bond donors (Lipinski definition) is 1. The van der Waals surface area contributed by atoms with Crippen LogP contribution in [0.2, 0.25) is 0 Å². The number of benzene rings is 1. The second-order valence-corrected chi connectivity index (χ2v) is 3.86. The van der Waals surface area contributed by atoms with Gasteiger partial charge in [0.2, 0.25) is 0 Å². The highest BCUT2D eigenvalue weighted by Crippen LogP contribution is 2.32. The minimum absolute atomic E-state index is 0.00106. The van der Waals surface area contributed by atoms with E-state index in [-0.39, 0.29) is 24.2 Å². The van der Waals surface area contributed by atoms with E-state index in [4.69, 9.17) is 4.74 Å². The van der Waals surface area contributed by atoms with E-state index < -0.39 is 0 Å². The minimum Gasteiger partial charge on any atom is -0.497 e. The largest absolute Gasteiger partial charge is 0.497 e. The molecule has 2 rings (SSSR count). The Morgan fingerprint density at radius 2 is 1.83 bits per heavy atom. The van der Waals surface area contributed by atoms with Crippen molar-refractivity contribution in [1.29, 1.82) is 0 Å². The SMILES string of the molecule is CC.COc1ccc(C2C(=O)C=CC2CO)cc1. The lowest BCUT2D eigenvalue weighted by Gasteiger charge is -2.16. The Morgan fingerprint density at radius 3 is 2.33 bits per heavy atom. The number of aliphatic hydroxyl groups is 1. The molecule has 0 aliphatic heterocycles. The number of ether oxygens (including phenoxy) is 1. The van der Waals surface area contributed by atoms with Crippen molar-refractivity contribution >= 4 is 5.78 Å². The number of ketones is 1. The minimum atomic E-state index is -0.240. The molecule has 0 fully saturated rings. The van der Waals surface area contributed by atoms with E-state index in [2.05, 4.69) is 0 Å². The summed E-state index contributed by atoms with van der Waals surface area (Å²) in [4.78, 5) is 11.7. The number of aliphatic hydroxyl groups excluding tert-OH is 1. The van der Waals surface area contributed by atoms with Crippen LogP contribution in [-0.2, 0) is 4.79 Å². The number of hydrogen-bond acceptors (Lipinski definition) is 3. The normalized spacial score (nSPS) is 21.4. The van der Waals surface area contributed by atoms with E-state index in [0.29, 0.717) is 0 Å². The summed E-state index contributed by atoms with van der Waals surface area (Å²) in [5.74, 6) is 0.490. The Labute approximate surface area is 108 Å². The maximum absolute atomic E-state index is 11.7. The molecular formula is C15H20O3. The number of allylic oxidation sites excluding steroid dienone is 1. The van der Waals surface area contributed by atoms with Gasteiger partial charge >= 0.3 is 0 Å². The summed E-state index contributed by atoms with van der Waals surface area (Å²) in [5, 5.41) is 9.19. The van der Waals surface area contributed by atoms with Gasteiger partial charge in [0.1, 0.15) is 5.75 Å². The predicted molar refractivity (Wildman–Crippen MR) is 71.8 cm³/mol. The van der Waals surface area contributed by atoms with Crippen molar-refractivity contribution in [1.82, 2.24) is 0 Å². The molecule has 1 aromatic rings. The second-order valence-electron chi connectivity index (χ2n) is 3.86. The predicted octanol–water partition coefficient (Wildman–Crippen LogP) is 2.55. The molecule has 0 saturated carbocycles. The molecule has 0 spiro atoms. The summed E-state index contributed by atoms with van der Waals surface area (Å²) >= 11 is 0. The van der Waals surface area contributed by atoms with Gasteiger partial charge in [-0.2, -0.15) is 0 Å². The number of methoxy groups -OCH3 is 1. The molecule has 3 heteroatoms. The highest BCUT2D eigenvalue weighted by atomic mass is 16.5. The summed E-state index contributed by atoms with van der Waals surface area (Å²) in [7, 11) is 1.60. The van der Waals surface area contributed by atoms with Crippen LogP contribution in [0.25, 0.3) is 0 Å². The monoisotopic (exact) mass is 248 g/mol. The van der Waals surface area contributed by atoms with Crippen LogP contribution >= 0.6 is 0 Å². The summed E-state index contributed by atoms with van der Waals surface area (Å²) in [5.41, 5.74) is 0.926. The van der Waals surface area contributed by atoms with Gasteiger partial charge < -0.3 is 9.84 Å². The molecule has 0 heterocycles. The molecule has 1 aliphatic rings. The zero-order valence-corrected chi connectivity index (χ0v) is 11.1. The Bertz CT molecular complexity index is 406. The van der Waals surface area contributed by atoms with Gasteiger partial charge in [-0.1, -0.05) is 32.1 Å². The van der Waals surface area contributed by atoms with Gasteiger partial charge in [0.15, 0.2) is 5.78 Å². The fourth-order valence-corrected chi connectivity index (χ4v) is 2.03. The molecule has 18 heavy (non-hydrogen) atoms. The quantitative estimate of drug-likeness (QED) is 0.894. The van der Waals surface area contributed by atoms with Crippen molar-refractivity contribution in [3.8, 4) is 5.75 Å². The van der Waals surface area contributed by atoms with Gasteiger partial charge in [0, 0.05) is 5.92 Å². The van der Waals surface area contributed by atoms with E-state index >= 15 is 0 Å². The average molecular weight is 248 g/mol. The molecule has 98 valence electrons. The van der Waals surface area contributed by atoms with E-state index in [1.54, 1.807) is 19.3 Å². The molecule has 0 amide bonds. The molecule has 0 radical (unpaired) electrons. The number of carbonyl (C=O) groups is 1. The highest BCUT2D eigenvalue weighted by Gasteiger charge is 2.30. The zero-order valence-electron chi connectivity index (χ0n) is 11.1. The van der Waals surface area contributed by atoms with Crippen LogP contribution in [0.5, 0.6) is 5.75 Å². The van der Waals surface area contributed by atoms with Crippen LogP contribution in [0.15, 0.2) is 36.4 Å². The fourth-order valence-electron chi connectivity index (χ4n) is 2.03. The summed E-state index contributed by atoms with van der Waals surface area (Å²) in [6.07, 6.45) is 3.33. The lowest BCUT2D eigenvalue weighted by atomic mass is 9.88. The van der Waals surface area contributed by atoms with Crippen LogP contribution in [0.4, 0.5) is 0 Å². The molecule has 0 saturated heterocycles. The Morgan fingerprint density at radius 1 is 1.22 bits per heavy atom. The van der Waals surface area contributed by atoms with E-state index in [0.717, 1.165) is 11.3 Å². The first-order valence-electron chi connectivity index (χ1n) is 6.23. The summed E-state index contributed by atoms with van der Waals surface area (Å²) < 4.78 is 5.06. The van der Waals surface area contributed by atoms with Crippen LogP contribution in [0, 0.1) is 5.92 Å². The van der Waals surface area contributed by atoms with Crippen LogP contribution in [-0.4, -0.2) is 24.6 Å². The zero-order chi connectivity index (χ0) is 13.5. The van der Waals surface area contributed by atoms with Crippen molar-refractivity contribution in [2.75, 3.05) is 13.7 Å². The molecule has 2 atom stereocenters. The molecule has 1 aliphatic carbocycles. The first kappa shape index (κ1) is 14.5. The van der Waals surface area contributed by atoms with Crippen LogP contribution in [0.1, 0.15) is 25.3 Å². The van der Waals surface area contributed by atoms with Crippen LogP contribution in [0.3, 0.4) is 0 Å². The van der Waals surface area contributed by atoms with E-state index in [1.165, 1.54) is 0 Å². The average Bonchev–Trinajstić information content (AvgIpc) is 2.82. The first-order chi connectivity index (χ1) is 8.76.